The molecular formula is C11H22N2O2. The number of aliphatic hydroxyl groups is 1. The lowest BCUT2D eigenvalue weighted by molar-refractivity contribution is -0.124. The van der Waals surface area contributed by atoms with Gasteiger partial charge in [0, 0.05) is 6.04 Å². The van der Waals surface area contributed by atoms with Crippen LogP contribution in [-0.2, 0) is 4.79 Å². The number of nitrogens with one attached hydrogen (secondary N) is 1. The second-order valence-corrected chi connectivity index (χ2v) is 4.78. The molecule has 1 rings (SSSR count). The topological polar surface area (TPSA) is 75.4 Å². The van der Waals surface area contributed by atoms with Gasteiger partial charge < -0.3 is 16.2 Å². The van der Waals surface area contributed by atoms with Crippen LogP contribution >= 0.6 is 0 Å². The van der Waals surface area contributed by atoms with Crippen molar-refractivity contribution in [3.63, 3.8) is 0 Å². The molecule has 88 valence electrons. The number of hydrogen-bond donors (Lipinski definition) is 3. The molecule has 15 heavy (non-hydrogen) atoms. The van der Waals surface area contributed by atoms with Crippen LogP contribution in [0.4, 0.5) is 0 Å². The standard InChI is InChI=1S/C11H22N2O2/c1-7(2)10(12)11(15)13-8-3-5-9(14)6-4-8/h7-10,14H,3-6,12H2,1-2H3,(H,13,15)/t8?,9?,10-/m1/s1. The predicted octanol–water partition coefficient (Wildman–Crippen LogP) is 0.389. The largest absolute Gasteiger partial charge is 0.393 e. The first-order valence-corrected chi connectivity index (χ1v) is 5.74. The molecule has 0 aromatic rings. The summed E-state index contributed by atoms with van der Waals surface area (Å²) in [7, 11) is 0. The van der Waals surface area contributed by atoms with Crippen LogP contribution in [0, 0.1) is 5.92 Å². The smallest absolute Gasteiger partial charge is 0.237 e. The average Bonchev–Trinajstić information content (AvgIpc) is 2.20. The van der Waals surface area contributed by atoms with Crippen molar-refractivity contribution in [3.8, 4) is 0 Å². The highest BCUT2D eigenvalue weighted by Gasteiger charge is 2.24. The number of aliphatic hydroxyl groups excluding tert-OH is 1. The highest BCUT2D eigenvalue weighted by atomic mass is 16.3. The molecule has 0 bridgehead atoms. The summed E-state index contributed by atoms with van der Waals surface area (Å²) < 4.78 is 0. The van der Waals surface area contributed by atoms with Crippen molar-refractivity contribution >= 4 is 5.91 Å². The molecule has 0 saturated heterocycles. The summed E-state index contributed by atoms with van der Waals surface area (Å²) in [4.78, 5) is 11.6. The lowest BCUT2D eigenvalue weighted by Crippen LogP contribution is -2.48. The molecule has 1 amide bonds. The van der Waals surface area contributed by atoms with E-state index >= 15 is 0 Å². The Bertz CT molecular complexity index is 211. The van der Waals surface area contributed by atoms with Gasteiger partial charge in [-0.1, -0.05) is 13.8 Å². The van der Waals surface area contributed by atoms with Gasteiger partial charge in [0.2, 0.25) is 5.91 Å². The summed E-state index contributed by atoms with van der Waals surface area (Å²) in [5.41, 5.74) is 5.74. The minimum Gasteiger partial charge on any atom is -0.393 e. The van der Waals surface area contributed by atoms with Crippen molar-refractivity contribution in [1.29, 1.82) is 0 Å². The summed E-state index contributed by atoms with van der Waals surface area (Å²) in [5.74, 6) is 0.102. The Morgan fingerprint density at radius 1 is 1.33 bits per heavy atom. The zero-order valence-corrected chi connectivity index (χ0v) is 9.57. The molecule has 0 heterocycles. The molecule has 4 N–H and O–H groups in total. The Balaban J connectivity index is 2.32. The molecule has 0 aliphatic heterocycles. The second-order valence-electron chi connectivity index (χ2n) is 4.78. The van der Waals surface area contributed by atoms with E-state index in [2.05, 4.69) is 5.32 Å². The molecule has 0 spiro atoms. The highest BCUT2D eigenvalue weighted by Crippen LogP contribution is 2.18. The summed E-state index contributed by atoms with van der Waals surface area (Å²) in [6, 6.07) is -0.220. The molecule has 4 nitrogen and oxygen atoms in total. The maximum atomic E-state index is 11.6. The third-order valence-corrected chi connectivity index (χ3v) is 3.06. The summed E-state index contributed by atoms with van der Waals surface area (Å²) >= 11 is 0. The molecule has 1 aliphatic rings. The van der Waals surface area contributed by atoms with Crippen LogP contribution in [0.1, 0.15) is 39.5 Å². The van der Waals surface area contributed by atoms with Gasteiger partial charge in [-0.15, -0.1) is 0 Å². The minimum atomic E-state index is -0.420. The summed E-state index contributed by atoms with van der Waals surface area (Å²) in [6.45, 7) is 3.88. The van der Waals surface area contributed by atoms with E-state index in [1.165, 1.54) is 0 Å². The van der Waals surface area contributed by atoms with Crippen LogP contribution in [0.15, 0.2) is 0 Å². The monoisotopic (exact) mass is 214 g/mol. The van der Waals surface area contributed by atoms with Crippen molar-refractivity contribution in [2.75, 3.05) is 0 Å². The molecule has 0 unspecified atom stereocenters. The molecule has 1 fully saturated rings. The SMILES string of the molecule is CC(C)[C@@H](N)C(=O)NC1CCC(O)CC1. The van der Waals surface area contributed by atoms with E-state index < -0.39 is 6.04 Å². The fourth-order valence-corrected chi connectivity index (χ4v) is 1.82. The molecule has 1 aliphatic carbocycles. The van der Waals surface area contributed by atoms with E-state index in [4.69, 9.17) is 5.73 Å². The fourth-order valence-electron chi connectivity index (χ4n) is 1.82. The molecule has 4 heteroatoms. The van der Waals surface area contributed by atoms with E-state index in [-0.39, 0.29) is 24.0 Å². The molecule has 1 saturated carbocycles. The van der Waals surface area contributed by atoms with Gasteiger partial charge in [0.15, 0.2) is 0 Å². The normalized spacial score (nSPS) is 28.9. The van der Waals surface area contributed by atoms with E-state index in [9.17, 15) is 9.90 Å². The quantitative estimate of drug-likeness (QED) is 0.636. The number of amides is 1. The van der Waals surface area contributed by atoms with E-state index in [1.54, 1.807) is 0 Å². The Kier molecular flexibility index (Phi) is 4.54. The predicted molar refractivity (Wildman–Crippen MR) is 59.2 cm³/mol. The van der Waals surface area contributed by atoms with Crippen LogP contribution in [0.25, 0.3) is 0 Å². The Labute approximate surface area is 91.2 Å². The lowest BCUT2D eigenvalue weighted by atomic mass is 9.92. The molecule has 0 aromatic carbocycles. The third kappa shape index (κ3) is 3.80. The van der Waals surface area contributed by atoms with Gasteiger partial charge in [-0.25, -0.2) is 0 Å². The van der Waals surface area contributed by atoms with Gasteiger partial charge in [0.25, 0.3) is 0 Å². The van der Waals surface area contributed by atoms with E-state index in [1.807, 2.05) is 13.8 Å². The first kappa shape index (κ1) is 12.5. The minimum absolute atomic E-state index is 0.0635. The maximum Gasteiger partial charge on any atom is 0.237 e. The number of carbonyl (C=O) groups excluding carboxylic acids is 1. The fraction of sp³-hybridized carbons (Fsp3) is 0.909. The van der Waals surface area contributed by atoms with Crippen molar-refractivity contribution in [1.82, 2.24) is 5.32 Å². The van der Waals surface area contributed by atoms with Crippen molar-refractivity contribution in [3.05, 3.63) is 0 Å². The van der Waals surface area contributed by atoms with Crippen molar-refractivity contribution in [2.45, 2.75) is 57.7 Å². The number of rotatable bonds is 3. The first-order valence-electron chi connectivity index (χ1n) is 5.74. The van der Waals surface area contributed by atoms with Crippen molar-refractivity contribution < 1.29 is 9.90 Å². The molecule has 0 radical (unpaired) electrons. The number of carbonyl (C=O) groups is 1. The van der Waals surface area contributed by atoms with E-state index in [0.29, 0.717) is 0 Å². The van der Waals surface area contributed by atoms with Crippen LogP contribution in [0.2, 0.25) is 0 Å². The van der Waals surface area contributed by atoms with Gasteiger partial charge in [-0.05, 0) is 31.6 Å². The number of hydrogen-bond acceptors (Lipinski definition) is 3. The summed E-state index contributed by atoms with van der Waals surface area (Å²) in [5, 5.41) is 12.3. The maximum absolute atomic E-state index is 11.6. The lowest BCUT2D eigenvalue weighted by Gasteiger charge is -2.27. The van der Waals surface area contributed by atoms with Crippen LogP contribution in [-0.4, -0.2) is 29.2 Å². The molecule has 0 aromatic heterocycles. The van der Waals surface area contributed by atoms with Gasteiger partial charge in [0.1, 0.15) is 0 Å². The van der Waals surface area contributed by atoms with Crippen LogP contribution in [0.5, 0.6) is 0 Å². The third-order valence-electron chi connectivity index (χ3n) is 3.06. The Morgan fingerprint density at radius 2 is 1.87 bits per heavy atom. The summed E-state index contributed by atoms with van der Waals surface area (Å²) in [6.07, 6.45) is 3.09. The second kappa shape index (κ2) is 5.47. The number of nitrogens with two attached hydrogens (primary N) is 1. The zero-order chi connectivity index (χ0) is 11.4. The Morgan fingerprint density at radius 3 is 2.33 bits per heavy atom. The van der Waals surface area contributed by atoms with Crippen LogP contribution in [0.3, 0.4) is 0 Å². The first-order chi connectivity index (χ1) is 7.00. The average molecular weight is 214 g/mol. The van der Waals surface area contributed by atoms with Gasteiger partial charge in [0.05, 0.1) is 12.1 Å². The van der Waals surface area contributed by atoms with Crippen molar-refractivity contribution in [2.24, 2.45) is 11.7 Å². The van der Waals surface area contributed by atoms with Gasteiger partial charge >= 0.3 is 0 Å². The van der Waals surface area contributed by atoms with Crippen LogP contribution < -0.4 is 11.1 Å². The highest BCUT2D eigenvalue weighted by molar-refractivity contribution is 5.82. The Hall–Kier alpha value is -0.610. The molecular weight excluding hydrogens is 192 g/mol. The van der Waals surface area contributed by atoms with Gasteiger partial charge in [-0.3, -0.25) is 4.79 Å². The zero-order valence-electron chi connectivity index (χ0n) is 9.57. The molecule has 1 atom stereocenters. The van der Waals surface area contributed by atoms with E-state index in [0.717, 1.165) is 25.7 Å². The van der Waals surface area contributed by atoms with Gasteiger partial charge in [-0.2, -0.15) is 0 Å².